The summed E-state index contributed by atoms with van der Waals surface area (Å²) in [5.41, 5.74) is 3.93. The van der Waals surface area contributed by atoms with Gasteiger partial charge in [-0.2, -0.15) is 0 Å². The van der Waals surface area contributed by atoms with Crippen molar-refractivity contribution in [1.29, 1.82) is 0 Å². The molecule has 1 aliphatic heterocycles. The molecule has 0 aromatic heterocycles. The second-order valence-corrected chi connectivity index (χ2v) is 4.83. The Morgan fingerprint density at radius 2 is 2.25 bits per heavy atom. The van der Waals surface area contributed by atoms with Crippen LogP contribution in [0.5, 0.6) is 0 Å². The molecule has 1 aromatic rings. The number of anilines is 1. The first kappa shape index (κ1) is 11.4. The smallest absolute Gasteiger partial charge is 0.0930 e. The summed E-state index contributed by atoms with van der Waals surface area (Å²) in [4.78, 5) is 7.15. The summed E-state index contributed by atoms with van der Waals surface area (Å²) in [6, 6.07) is 7.63. The van der Waals surface area contributed by atoms with Crippen LogP contribution in [0.4, 0.5) is 5.69 Å². The van der Waals surface area contributed by atoms with Crippen LogP contribution in [0.15, 0.2) is 18.2 Å². The summed E-state index contributed by atoms with van der Waals surface area (Å²) in [6.07, 6.45) is 1.12. The molecule has 0 radical (unpaired) electrons. The summed E-state index contributed by atoms with van der Waals surface area (Å²) < 4.78 is 0. The van der Waals surface area contributed by atoms with Crippen molar-refractivity contribution in [3.05, 3.63) is 29.3 Å². The molecule has 1 aromatic carbocycles. The van der Waals surface area contributed by atoms with Crippen molar-refractivity contribution in [3.63, 3.8) is 0 Å². The van der Waals surface area contributed by atoms with E-state index < -0.39 is 0 Å². The van der Waals surface area contributed by atoms with Gasteiger partial charge in [0.25, 0.3) is 0 Å². The van der Waals surface area contributed by atoms with Crippen molar-refractivity contribution < 1.29 is 4.84 Å². The Labute approximate surface area is 97.1 Å². The number of fused-ring (bicyclic) bond motifs is 1. The predicted octanol–water partition coefficient (Wildman–Crippen LogP) is 2.24. The van der Waals surface area contributed by atoms with Crippen LogP contribution in [0.1, 0.15) is 31.9 Å². The molecular formula is C13H20N2O. The van der Waals surface area contributed by atoms with Gasteiger partial charge in [0, 0.05) is 17.8 Å². The Morgan fingerprint density at radius 3 is 2.88 bits per heavy atom. The highest BCUT2D eigenvalue weighted by Crippen LogP contribution is 2.34. The average molecular weight is 220 g/mol. The van der Waals surface area contributed by atoms with Gasteiger partial charge < -0.3 is 4.90 Å². The largest absolute Gasteiger partial charge is 0.366 e. The molecule has 16 heavy (non-hydrogen) atoms. The maximum absolute atomic E-state index is 5.10. The summed E-state index contributed by atoms with van der Waals surface area (Å²) >= 11 is 0. The van der Waals surface area contributed by atoms with Crippen molar-refractivity contribution in [3.8, 4) is 0 Å². The van der Waals surface area contributed by atoms with Crippen molar-refractivity contribution in [2.24, 2.45) is 5.90 Å². The molecule has 1 aliphatic rings. The van der Waals surface area contributed by atoms with Gasteiger partial charge in [0.2, 0.25) is 0 Å². The zero-order valence-electron chi connectivity index (χ0n) is 10.2. The molecule has 0 saturated heterocycles. The fraction of sp³-hybridized carbons (Fsp3) is 0.538. The Balaban J connectivity index is 2.31. The van der Waals surface area contributed by atoms with Gasteiger partial charge in [-0.05, 0) is 44.4 Å². The highest BCUT2D eigenvalue weighted by atomic mass is 16.6. The van der Waals surface area contributed by atoms with E-state index >= 15 is 0 Å². The third-order valence-corrected chi connectivity index (χ3v) is 3.22. The van der Waals surface area contributed by atoms with Gasteiger partial charge >= 0.3 is 0 Å². The summed E-state index contributed by atoms with van der Waals surface area (Å²) in [7, 11) is 0. The van der Waals surface area contributed by atoms with Crippen LogP contribution >= 0.6 is 0 Å². The third-order valence-electron chi connectivity index (χ3n) is 3.22. The molecule has 1 heterocycles. The van der Waals surface area contributed by atoms with E-state index in [1.54, 1.807) is 0 Å². The first-order valence-corrected chi connectivity index (χ1v) is 5.85. The topological polar surface area (TPSA) is 38.5 Å². The van der Waals surface area contributed by atoms with E-state index in [4.69, 9.17) is 5.90 Å². The molecule has 2 N–H and O–H groups in total. The maximum Gasteiger partial charge on any atom is 0.0930 e. The van der Waals surface area contributed by atoms with Crippen LogP contribution in [0, 0.1) is 0 Å². The first-order valence-electron chi connectivity index (χ1n) is 5.85. The van der Waals surface area contributed by atoms with Gasteiger partial charge in [-0.25, -0.2) is 5.90 Å². The van der Waals surface area contributed by atoms with Crippen LogP contribution in [0.3, 0.4) is 0 Å². The molecule has 2 rings (SSSR count). The zero-order valence-corrected chi connectivity index (χ0v) is 10.2. The average Bonchev–Trinajstić information content (AvgIpc) is 2.53. The van der Waals surface area contributed by atoms with E-state index in [1.165, 1.54) is 11.3 Å². The van der Waals surface area contributed by atoms with Gasteiger partial charge in [0.05, 0.1) is 6.61 Å². The van der Waals surface area contributed by atoms with E-state index in [1.807, 2.05) is 0 Å². The second kappa shape index (κ2) is 4.44. The molecule has 3 heteroatoms. The molecule has 88 valence electrons. The lowest BCUT2D eigenvalue weighted by Gasteiger charge is -2.29. The Kier molecular flexibility index (Phi) is 3.17. The van der Waals surface area contributed by atoms with E-state index in [0.29, 0.717) is 18.7 Å². The van der Waals surface area contributed by atoms with Gasteiger partial charge in [-0.3, -0.25) is 4.84 Å². The number of hydrogen-bond acceptors (Lipinski definition) is 3. The summed E-state index contributed by atoms with van der Waals surface area (Å²) in [6.45, 7) is 7.24. The number of nitrogens with two attached hydrogens (primary N) is 1. The molecule has 1 atom stereocenters. The van der Waals surface area contributed by atoms with Crippen molar-refractivity contribution in [2.45, 2.75) is 45.9 Å². The predicted molar refractivity (Wildman–Crippen MR) is 66.2 cm³/mol. The monoisotopic (exact) mass is 220 g/mol. The number of hydrogen-bond donors (Lipinski definition) is 1. The molecule has 0 fully saturated rings. The van der Waals surface area contributed by atoms with E-state index in [2.05, 4.69) is 48.7 Å². The summed E-state index contributed by atoms with van der Waals surface area (Å²) in [5.74, 6) is 5.10. The zero-order chi connectivity index (χ0) is 11.7. The molecule has 0 saturated carbocycles. The Morgan fingerprint density at radius 1 is 1.50 bits per heavy atom. The molecule has 1 unspecified atom stereocenters. The lowest BCUT2D eigenvalue weighted by molar-refractivity contribution is 0.124. The second-order valence-electron chi connectivity index (χ2n) is 4.83. The fourth-order valence-electron chi connectivity index (χ4n) is 2.68. The SMILES string of the molecule is CC(C)N1c2ccc(CON)cc2CC1C. The van der Waals surface area contributed by atoms with Crippen LogP contribution < -0.4 is 10.8 Å². The lowest BCUT2D eigenvalue weighted by atomic mass is 10.1. The van der Waals surface area contributed by atoms with Crippen molar-refractivity contribution in [1.82, 2.24) is 0 Å². The first-order chi connectivity index (χ1) is 7.63. The number of rotatable bonds is 3. The van der Waals surface area contributed by atoms with Gasteiger partial charge in [-0.15, -0.1) is 0 Å². The fourth-order valence-corrected chi connectivity index (χ4v) is 2.68. The van der Waals surface area contributed by atoms with Crippen molar-refractivity contribution in [2.75, 3.05) is 4.90 Å². The van der Waals surface area contributed by atoms with E-state index in [9.17, 15) is 0 Å². The highest BCUT2D eigenvalue weighted by molar-refractivity contribution is 5.60. The van der Waals surface area contributed by atoms with Crippen molar-refractivity contribution >= 4 is 5.69 Å². The minimum Gasteiger partial charge on any atom is -0.366 e. The minimum atomic E-state index is 0.489. The quantitative estimate of drug-likeness (QED) is 0.794. The van der Waals surface area contributed by atoms with Crippen LogP contribution in [0.25, 0.3) is 0 Å². The molecular weight excluding hydrogens is 200 g/mol. The molecule has 0 bridgehead atoms. The third kappa shape index (κ3) is 1.93. The number of nitrogens with zero attached hydrogens (tertiary/aromatic N) is 1. The molecule has 3 nitrogen and oxygen atoms in total. The molecule has 0 aliphatic carbocycles. The van der Waals surface area contributed by atoms with Gasteiger partial charge in [-0.1, -0.05) is 12.1 Å². The Bertz CT molecular complexity index is 376. The lowest BCUT2D eigenvalue weighted by Crippen LogP contribution is -2.35. The van der Waals surface area contributed by atoms with E-state index in [-0.39, 0.29) is 0 Å². The molecule has 0 amide bonds. The Hall–Kier alpha value is -1.06. The normalized spacial score (nSPS) is 19.3. The van der Waals surface area contributed by atoms with Crippen LogP contribution in [-0.2, 0) is 17.9 Å². The van der Waals surface area contributed by atoms with Crippen LogP contribution in [-0.4, -0.2) is 12.1 Å². The van der Waals surface area contributed by atoms with Gasteiger partial charge in [0.1, 0.15) is 0 Å². The minimum absolute atomic E-state index is 0.489. The standard InChI is InChI=1S/C13H20N2O/c1-9(2)15-10(3)6-12-7-11(8-16-14)4-5-13(12)15/h4-5,7,9-10H,6,8,14H2,1-3H3. The van der Waals surface area contributed by atoms with E-state index in [0.717, 1.165) is 12.0 Å². The van der Waals surface area contributed by atoms with Gasteiger partial charge in [0.15, 0.2) is 0 Å². The maximum atomic E-state index is 5.10. The number of benzene rings is 1. The van der Waals surface area contributed by atoms with Crippen LogP contribution in [0.2, 0.25) is 0 Å². The highest BCUT2D eigenvalue weighted by Gasteiger charge is 2.27. The summed E-state index contributed by atoms with van der Waals surface area (Å²) in [5, 5.41) is 0. The molecule has 0 spiro atoms.